The van der Waals surface area contributed by atoms with Crippen LogP contribution in [-0.4, -0.2) is 34.0 Å². The van der Waals surface area contributed by atoms with Crippen molar-refractivity contribution in [1.29, 1.82) is 0 Å². The number of rotatable bonds is 4. The van der Waals surface area contributed by atoms with E-state index >= 15 is 0 Å². The normalized spacial score (nSPS) is 9.06. The molecule has 0 aromatic heterocycles. The van der Waals surface area contributed by atoms with Crippen molar-refractivity contribution in [1.82, 2.24) is 10.9 Å². The van der Waals surface area contributed by atoms with Crippen LogP contribution in [0.4, 0.5) is 0 Å². The first-order chi connectivity index (χ1) is 15.3. The van der Waals surface area contributed by atoms with Gasteiger partial charge in [0.15, 0.2) is 0 Å². The number of hydrogen-bond acceptors (Lipinski definition) is 6. The molecule has 32 heavy (non-hydrogen) atoms. The van der Waals surface area contributed by atoms with Crippen LogP contribution in [0.25, 0.3) is 0 Å². The van der Waals surface area contributed by atoms with Crippen molar-refractivity contribution in [3.63, 3.8) is 0 Å². The molecule has 0 aliphatic carbocycles. The van der Waals surface area contributed by atoms with E-state index in [2.05, 4.69) is 0 Å². The van der Waals surface area contributed by atoms with Gasteiger partial charge in [-0.05, 0) is 48.5 Å². The minimum absolute atomic E-state index is 0.0833. The first-order valence-electron chi connectivity index (χ1n) is 8.98. The van der Waals surface area contributed by atoms with Crippen molar-refractivity contribution in [3.8, 4) is 0 Å². The maximum atomic E-state index is 10.8. The number of hydrazine groups is 2. The molecule has 10 heteroatoms. The first kappa shape index (κ1) is 25.5. The zero-order valence-electron chi connectivity index (χ0n) is 16.8. The number of amides is 2. The quantitative estimate of drug-likeness (QED) is 0.202. The maximum absolute atomic E-state index is 10.8. The predicted molar refractivity (Wildman–Crippen MR) is 117 cm³/mol. The number of carboxylic acids is 2. The molecule has 10 nitrogen and oxygen atoms in total. The standard InChI is InChI=1S/C8H6O4.2C7H8N2O/c9-7(10)5-1-2-6(4-3-5)8(11)12;2*8-9-7(10)6-4-2-1-3-5-6/h1-4H,(H,9,10)(H,11,12);2*1-5H,8H2,(H,9,10). The van der Waals surface area contributed by atoms with Crippen LogP contribution in [0, 0.1) is 0 Å². The van der Waals surface area contributed by atoms with Crippen LogP contribution in [0.2, 0.25) is 0 Å². The Kier molecular flexibility index (Phi) is 10.9. The highest BCUT2D eigenvalue weighted by molar-refractivity contribution is 5.94. The van der Waals surface area contributed by atoms with Crippen LogP contribution in [-0.2, 0) is 0 Å². The number of benzene rings is 3. The number of hydrogen-bond donors (Lipinski definition) is 6. The second-order valence-corrected chi connectivity index (χ2v) is 5.87. The summed E-state index contributed by atoms with van der Waals surface area (Å²) in [4.78, 5) is 42.2. The maximum Gasteiger partial charge on any atom is 0.335 e. The Morgan fingerprint density at radius 2 is 0.781 bits per heavy atom. The number of carbonyl (C=O) groups excluding carboxylic acids is 2. The lowest BCUT2D eigenvalue weighted by molar-refractivity contribution is 0.0681. The van der Waals surface area contributed by atoms with E-state index in [0.717, 1.165) is 0 Å². The van der Waals surface area contributed by atoms with E-state index in [1.54, 1.807) is 48.5 Å². The molecule has 0 atom stereocenters. The van der Waals surface area contributed by atoms with Crippen molar-refractivity contribution in [2.45, 2.75) is 0 Å². The summed E-state index contributed by atoms with van der Waals surface area (Å²) < 4.78 is 0. The molecule has 3 aromatic rings. The van der Waals surface area contributed by atoms with Crippen LogP contribution >= 0.6 is 0 Å². The van der Waals surface area contributed by atoms with Crippen LogP contribution in [0.1, 0.15) is 41.4 Å². The second-order valence-electron chi connectivity index (χ2n) is 5.87. The van der Waals surface area contributed by atoms with Gasteiger partial charge in [0.25, 0.3) is 11.8 Å². The van der Waals surface area contributed by atoms with Crippen LogP contribution in [0.15, 0.2) is 84.9 Å². The van der Waals surface area contributed by atoms with Gasteiger partial charge in [-0.1, -0.05) is 36.4 Å². The molecule has 0 fully saturated rings. The van der Waals surface area contributed by atoms with Crippen LogP contribution in [0.5, 0.6) is 0 Å². The predicted octanol–water partition coefficient (Wildman–Crippen LogP) is 1.66. The van der Waals surface area contributed by atoms with Gasteiger partial charge in [-0.15, -0.1) is 0 Å². The minimum Gasteiger partial charge on any atom is -0.478 e. The lowest BCUT2D eigenvalue weighted by Gasteiger charge is -1.95. The van der Waals surface area contributed by atoms with Crippen molar-refractivity contribution in [2.24, 2.45) is 11.7 Å². The molecule has 3 aromatic carbocycles. The van der Waals surface area contributed by atoms with Crippen LogP contribution < -0.4 is 22.5 Å². The molecule has 0 bridgehead atoms. The number of carbonyl (C=O) groups is 4. The summed E-state index contributed by atoms with van der Waals surface area (Å²) in [5.41, 5.74) is 5.40. The molecule has 0 saturated heterocycles. The van der Waals surface area contributed by atoms with Gasteiger partial charge in [0.1, 0.15) is 0 Å². The van der Waals surface area contributed by atoms with Crippen molar-refractivity contribution in [2.75, 3.05) is 0 Å². The molecule has 0 aliphatic rings. The van der Waals surface area contributed by atoms with E-state index < -0.39 is 11.9 Å². The fourth-order valence-electron chi connectivity index (χ4n) is 2.10. The van der Waals surface area contributed by atoms with Gasteiger partial charge in [-0.3, -0.25) is 20.4 Å². The van der Waals surface area contributed by atoms with E-state index in [-0.39, 0.29) is 22.9 Å². The number of nitrogens with two attached hydrogens (primary N) is 2. The molecule has 2 amide bonds. The Morgan fingerprint density at radius 1 is 0.500 bits per heavy atom. The zero-order chi connectivity index (χ0) is 23.9. The number of carboxylic acid groups (broad SMARTS) is 2. The molecule has 0 saturated carbocycles. The van der Waals surface area contributed by atoms with Gasteiger partial charge in [-0.25, -0.2) is 21.3 Å². The molecule has 0 radical (unpaired) electrons. The fourth-order valence-corrected chi connectivity index (χ4v) is 2.10. The number of nitrogen functional groups attached to an aromatic ring is 2. The first-order valence-corrected chi connectivity index (χ1v) is 8.98. The number of aromatic carboxylic acids is 2. The SMILES string of the molecule is NNC(=O)c1ccccc1.NNC(=O)c1ccccc1.O=C(O)c1ccc(C(=O)O)cc1. The Labute approximate surface area is 183 Å². The van der Waals surface area contributed by atoms with Crippen molar-refractivity contribution in [3.05, 3.63) is 107 Å². The summed E-state index contributed by atoms with van der Waals surface area (Å²) in [6, 6.07) is 22.6. The highest BCUT2D eigenvalue weighted by atomic mass is 16.4. The Hall–Kier alpha value is -4.54. The van der Waals surface area contributed by atoms with Gasteiger partial charge in [0.2, 0.25) is 0 Å². The fraction of sp³-hybridized carbons (Fsp3) is 0. The molecular formula is C22H22N4O6. The second kappa shape index (κ2) is 13.6. The molecular weight excluding hydrogens is 416 g/mol. The van der Waals surface area contributed by atoms with Gasteiger partial charge in [-0.2, -0.15) is 0 Å². The molecule has 8 N–H and O–H groups in total. The van der Waals surface area contributed by atoms with E-state index in [1.165, 1.54) is 24.3 Å². The average molecular weight is 438 g/mol. The highest BCUT2D eigenvalue weighted by Crippen LogP contribution is 2.03. The summed E-state index contributed by atoms with van der Waals surface area (Å²) in [5.74, 6) is 7.16. The summed E-state index contributed by atoms with van der Waals surface area (Å²) >= 11 is 0. The molecule has 166 valence electrons. The third-order valence-corrected chi connectivity index (χ3v) is 3.71. The van der Waals surface area contributed by atoms with Gasteiger partial charge < -0.3 is 10.2 Å². The summed E-state index contributed by atoms with van der Waals surface area (Å²) in [6.07, 6.45) is 0. The summed E-state index contributed by atoms with van der Waals surface area (Å²) in [7, 11) is 0. The minimum atomic E-state index is -1.06. The Bertz CT molecular complexity index is 941. The number of nitrogens with one attached hydrogen (secondary N) is 2. The van der Waals surface area contributed by atoms with Gasteiger partial charge >= 0.3 is 11.9 Å². The lowest BCUT2D eigenvalue weighted by atomic mass is 10.1. The molecule has 3 rings (SSSR count). The summed E-state index contributed by atoms with van der Waals surface area (Å²) in [5, 5.41) is 16.9. The lowest BCUT2D eigenvalue weighted by Crippen LogP contribution is -2.29. The Balaban J connectivity index is 0.000000241. The van der Waals surface area contributed by atoms with Crippen molar-refractivity contribution < 1.29 is 29.4 Å². The monoisotopic (exact) mass is 438 g/mol. The third kappa shape index (κ3) is 8.86. The van der Waals surface area contributed by atoms with E-state index in [9.17, 15) is 19.2 Å². The van der Waals surface area contributed by atoms with Gasteiger partial charge in [0.05, 0.1) is 11.1 Å². The molecule has 0 aliphatic heterocycles. The van der Waals surface area contributed by atoms with Crippen LogP contribution in [0.3, 0.4) is 0 Å². The largest absolute Gasteiger partial charge is 0.478 e. The average Bonchev–Trinajstić information content (AvgIpc) is 2.85. The molecule has 0 spiro atoms. The molecule has 0 unspecified atom stereocenters. The van der Waals surface area contributed by atoms with E-state index in [4.69, 9.17) is 21.9 Å². The molecule has 0 heterocycles. The third-order valence-electron chi connectivity index (χ3n) is 3.71. The Morgan fingerprint density at radius 3 is 1.00 bits per heavy atom. The van der Waals surface area contributed by atoms with Crippen molar-refractivity contribution >= 4 is 23.8 Å². The highest BCUT2D eigenvalue weighted by Gasteiger charge is 2.05. The topological polar surface area (TPSA) is 185 Å². The summed E-state index contributed by atoms with van der Waals surface area (Å²) in [6.45, 7) is 0. The van der Waals surface area contributed by atoms with E-state index in [0.29, 0.717) is 11.1 Å². The zero-order valence-corrected chi connectivity index (χ0v) is 16.8. The van der Waals surface area contributed by atoms with E-state index in [1.807, 2.05) is 23.0 Å². The smallest absolute Gasteiger partial charge is 0.335 e. The van der Waals surface area contributed by atoms with Gasteiger partial charge in [0, 0.05) is 11.1 Å².